The molecule has 0 radical (unpaired) electrons. The van der Waals surface area contributed by atoms with Gasteiger partial charge in [-0.3, -0.25) is 0 Å². The molecule has 0 bridgehead atoms. The van der Waals surface area contributed by atoms with Crippen LogP contribution in [-0.4, -0.2) is 22.1 Å². The van der Waals surface area contributed by atoms with Crippen LogP contribution in [0.5, 0.6) is 6.01 Å². The van der Waals surface area contributed by atoms with Crippen molar-refractivity contribution in [3.8, 4) is 6.01 Å². The second-order valence-electron chi connectivity index (χ2n) is 1.64. The van der Waals surface area contributed by atoms with Crippen molar-refractivity contribution in [3.05, 3.63) is 9.66 Å². The first-order valence-electron chi connectivity index (χ1n) is 2.64. The van der Waals surface area contributed by atoms with Crippen molar-refractivity contribution in [3.63, 3.8) is 0 Å². The van der Waals surface area contributed by atoms with Crippen molar-refractivity contribution in [2.45, 2.75) is 6.92 Å². The summed E-state index contributed by atoms with van der Waals surface area (Å²) in [5, 5.41) is 0. The van der Waals surface area contributed by atoms with Gasteiger partial charge in [0.25, 0.3) is 0 Å². The van der Waals surface area contributed by atoms with Crippen LogP contribution in [0.15, 0.2) is 0 Å². The summed E-state index contributed by atoms with van der Waals surface area (Å²) in [5.41, 5.74) is 0. The maximum atomic E-state index is 4.81. The van der Waals surface area contributed by atoms with E-state index in [9.17, 15) is 0 Å². The summed E-state index contributed by atoms with van der Waals surface area (Å²) in [6, 6.07) is 0.372. The molecule has 1 rings (SSSR count). The molecule has 0 saturated heterocycles. The van der Waals surface area contributed by atoms with Crippen LogP contribution < -0.4 is 4.74 Å². The summed E-state index contributed by atoms with van der Waals surface area (Å²) < 4.78 is 5.46. The van der Waals surface area contributed by atoms with Crippen molar-refractivity contribution in [2.24, 2.45) is 0 Å². The Morgan fingerprint density at radius 1 is 1.30 bits per heavy atom. The summed E-state index contributed by atoms with van der Waals surface area (Å²) in [4.78, 5) is 11.8. The van der Waals surface area contributed by atoms with Gasteiger partial charge in [-0.2, -0.15) is 9.97 Å². The van der Waals surface area contributed by atoms with Gasteiger partial charge in [-0.05, 0) is 6.92 Å². The number of nitrogens with zero attached hydrogens (tertiary/aromatic N) is 3. The van der Waals surface area contributed by atoms with E-state index in [4.69, 9.17) is 4.74 Å². The first kappa shape index (κ1) is 7.64. The highest BCUT2D eigenvalue weighted by molar-refractivity contribution is 14.1. The maximum Gasteiger partial charge on any atom is 0.320 e. The number of hydrogen-bond donors (Lipinski definition) is 0. The molecule has 0 aliphatic rings. The van der Waals surface area contributed by atoms with Crippen LogP contribution in [0.3, 0.4) is 0 Å². The third-order valence-corrected chi connectivity index (χ3v) is 1.36. The van der Waals surface area contributed by atoms with Gasteiger partial charge in [-0.1, -0.05) is 0 Å². The lowest BCUT2D eigenvalue weighted by atomic mass is 10.7. The molecule has 0 saturated carbocycles. The Bertz CT molecular complexity index is 220. The van der Waals surface area contributed by atoms with Crippen molar-refractivity contribution in [1.29, 1.82) is 0 Å². The molecule has 0 N–H and O–H groups in total. The highest BCUT2D eigenvalue weighted by Crippen LogP contribution is 2.03. The summed E-state index contributed by atoms with van der Waals surface area (Å²) >= 11 is 2.01. The number of aryl methyl sites for hydroxylation is 1. The van der Waals surface area contributed by atoms with Crippen LogP contribution in [-0.2, 0) is 0 Å². The fraction of sp³-hybridized carbons (Fsp3) is 0.400. The molecule has 1 aromatic rings. The smallest absolute Gasteiger partial charge is 0.320 e. The second-order valence-corrected chi connectivity index (χ2v) is 2.60. The van der Waals surface area contributed by atoms with E-state index in [0.29, 0.717) is 15.7 Å². The molecule has 0 spiro atoms. The predicted octanol–water partition coefficient (Wildman–Crippen LogP) is 0.793. The van der Waals surface area contributed by atoms with E-state index in [2.05, 4.69) is 15.0 Å². The third kappa shape index (κ3) is 1.76. The van der Waals surface area contributed by atoms with Crippen LogP contribution in [0.1, 0.15) is 5.82 Å². The van der Waals surface area contributed by atoms with Gasteiger partial charge in [-0.15, -0.1) is 0 Å². The van der Waals surface area contributed by atoms with Crippen LogP contribution in [0, 0.1) is 10.8 Å². The average molecular weight is 251 g/mol. The molecule has 0 fully saturated rings. The SMILES string of the molecule is COc1nc(C)nc(I)n1. The Kier molecular flexibility index (Phi) is 2.36. The standard InChI is InChI=1S/C5H6IN3O/c1-3-7-4(6)9-5(8-3)10-2/h1-2H3. The van der Waals surface area contributed by atoms with Gasteiger partial charge in [0.05, 0.1) is 7.11 Å². The fourth-order valence-electron chi connectivity index (χ4n) is 0.517. The lowest BCUT2D eigenvalue weighted by Gasteiger charge is -1.97. The van der Waals surface area contributed by atoms with E-state index in [-0.39, 0.29) is 0 Å². The first-order valence-corrected chi connectivity index (χ1v) is 3.72. The molecule has 0 atom stereocenters. The summed E-state index contributed by atoms with van der Waals surface area (Å²) in [6.45, 7) is 1.80. The van der Waals surface area contributed by atoms with Gasteiger partial charge in [0.1, 0.15) is 5.82 Å². The van der Waals surface area contributed by atoms with Crippen molar-refractivity contribution >= 4 is 22.6 Å². The Morgan fingerprint density at radius 3 is 2.50 bits per heavy atom. The zero-order chi connectivity index (χ0) is 7.56. The van der Waals surface area contributed by atoms with Gasteiger partial charge >= 0.3 is 6.01 Å². The first-order chi connectivity index (χ1) is 4.72. The van der Waals surface area contributed by atoms with Crippen LogP contribution in [0.25, 0.3) is 0 Å². The zero-order valence-electron chi connectivity index (χ0n) is 5.63. The Labute approximate surface area is 72.2 Å². The molecule has 54 valence electrons. The summed E-state index contributed by atoms with van der Waals surface area (Å²) in [6.07, 6.45) is 0. The topological polar surface area (TPSA) is 47.9 Å². The normalized spacial score (nSPS) is 9.50. The molecule has 10 heavy (non-hydrogen) atoms. The van der Waals surface area contributed by atoms with E-state index < -0.39 is 0 Å². The number of halogens is 1. The Hall–Kier alpha value is -0.460. The van der Waals surface area contributed by atoms with Gasteiger partial charge in [0, 0.05) is 22.6 Å². The third-order valence-electron chi connectivity index (χ3n) is 0.882. The van der Waals surface area contributed by atoms with Crippen molar-refractivity contribution < 1.29 is 4.74 Å². The monoisotopic (exact) mass is 251 g/mol. The minimum atomic E-state index is 0.372. The molecule has 1 aromatic heterocycles. The molecule has 1 heterocycles. The quantitative estimate of drug-likeness (QED) is 0.692. The van der Waals surface area contributed by atoms with Crippen molar-refractivity contribution in [1.82, 2.24) is 15.0 Å². The van der Waals surface area contributed by atoms with Gasteiger partial charge in [0.15, 0.2) is 3.83 Å². The van der Waals surface area contributed by atoms with Crippen LogP contribution >= 0.6 is 22.6 Å². The van der Waals surface area contributed by atoms with Gasteiger partial charge in [-0.25, -0.2) is 4.98 Å². The van der Waals surface area contributed by atoms with E-state index in [1.165, 1.54) is 7.11 Å². The van der Waals surface area contributed by atoms with E-state index in [1.807, 2.05) is 22.6 Å². The highest BCUT2D eigenvalue weighted by atomic mass is 127. The number of aromatic nitrogens is 3. The number of hydrogen-bond acceptors (Lipinski definition) is 4. The highest BCUT2D eigenvalue weighted by Gasteiger charge is 1.98. The van der Waals surface area contributed by atoms with E-state index in [1.54, 1.807) is 6.92 Å². The van der Waals surface area contributed by atoms with E-state index in [0.717, 1.165) is 0 Å². The molecular formula is C5H6IN3O. The molecule has 0 unspecified atom stereocenters. The second kappa shape index (κ2) is 3.09. The minimum absolute atomic E-state index is 0.372. The number of ether oxygens (including phenoxy) is 1. The average Bonchev–Trinajstić information content (AvgIpc) is 1.85. The maximum absolute atomic E-state index is 4.81. The minimum Gasteiger partial charge on any atom is -0.467 e. The molecule has 0 aromatic carbocycles. The fourth-order valence-corrected chi connectivity index (χ4v) is 1.07. The number of methoxy groups -OCH3 is 1. The van der Waals surface area contributed by atoms with Crippen molar-refractivity contribution in [2.75, 3.05) is 7.11 Å². The molecule has 4 nitrogen and oxygen atoms in total. The summed E-state index contributed by atoms with van der Waals surface area (Å²) in [7, 11) is 1.53. The molecule has 0 amide bonds. The lowest BCUT2D eigenvalue weighted by molar-refractivity contribution is 0.375. The largest absolute Gasteiger partial charge is 0.467 e. The predicted molar refractivity (Wildman–Crippen MR) is 43.8 cm³/mol. The van der Waals surface area contributed by atoms with Crippen LogP contribution in [0.4, 0.5) is 0 Å². The van der Waals surface area contributed by atoms with E-state index >= 15 is 0 Å². The Balaban J connectivity index is 3.06. The zero-order valence-corrected chi connectivity index (χ0v) is 7.79. The van der Waals surface area contributed by atoms with Gasteiger partial charge < -0.3 is 4.74 Å². The number of rotatable bonds is 1. The van der Waals surface area contributed by atoms with Gasteiger partial charge in [0.2, 0.25) is 0 Å². The summed E-state index contributed by atoms with van der Waals surface area (Å²) in [5.74, 6) is 0.677. The molecular weight excluding hydrogens is 245 g/mol. The van der Waals surface area contributed by atoms with Crippen LogP contribution in [0.2, 0.25) is 0 Å². The molecule has 5 heteroatoms. The Morgan fingerprint density at radius 2 is 2.00 bits per heavy atom. The molecule has 0 aliphatic heterocycles. The molecule has 0 aliphatic carbocycles. The lowest BCUT2D eigenvalue weighted by Crippen LogP contribution is -1.99.